The Balaban J connectivity index is 1.58. The van der Waals surface area contributed by atoms with Crippen molar-refractivity contribution in [3.8, 4) is 0 Å². The van der Waals surface area contributed by atoms with E-state index in [1.807, 2.05) is 49.4 Å². The molecule has 7 rings (SSSR count). The summed E-state index contributed by atoms with van der Waals surface area (Å²) < 4.78 is 0. The van der Waals surface area contributed by atoms with Crippen molar-refractivity contribution in [3.63, 3.8) is 0 Å². The van der Waals surface area contributed by atoms with E-state index < -0.39 is 33.6 Å². The van der Waals surface area contributed by atoms with Crippen molar-refractivity contribution in [2.75, 3.05) is 17.2 Å². The highest BCUT2D eigenvalue weighted by Gasteiger charge is 2.78. The van der Waals surface area contributed by atoms with Crippen molar-refractivity contribution >= 4 is 34.7 Å². The van der Waals surface area contributed by atoms with Crippen LogP contribution in [0.3, 0.4) is 0 Å². The van der Waals surface area contributed by atoms with Crippen molar-refractivity contribution < 1.29 is 19.3 Å². The number of aryl methyl sites for hydroxylation is 1. The van der Waals surface area contributed by atoms with E-state index >= 15 is 0 Å². The van der Waals surface area contributed by atoms with Crippen molar-refractivity contribution in [2.24, 2.45) is 5.92 Å². The van der Waals surface area contributed by atoms with Gasteiger partial charge in [0.1, 0.15) is 11.0 Å². The molecule has 3 aromatic rings. The number of rotatable bonds is 3. The summed E-state index contributed by atoms with van der Waals surface area (Å²) in [4.78, 5) is 56.3. The minimum absolute atomic E-state index is 0.107. The number of non-ortho nitro benzene ring substituents is 1. The van der Waals surface area contributed by atoms with Gasteiger partial charge >= 0.3 is 0 Å². The number of hydrogen-bond acceptors (Lipinski definition) is 6. The third-order valence-corrected chi connectivity index (χ3v) is 8.88. The Hall–Kier alpha value is -4.37. The number of anilines is 2. The normalized spacial score (nSPS) is 28.8. The van der Waals surface area contributed by atoms with Crippen LogP contribution in [0.1, 0.15) is 39.9 Å². The first kappa shape index (κ1) is 22.8. The van der Waals surface area contributed by atoms with Crippen LogP contribution < -0.4 is 10.6 Å². The van der Waals surface area contributed by atoms with E-state index in [9.17, 15) is 24.5 Å². The smallest absolute Gasteiger partial charge is 0.270 e. The average Bonchev–Trinajstić information content (AvgIpc) is 3.63. The molecule has 38 heavy (non-hydrogen) atoms. The number of nitrogens with one attached hydrogen (secondary N) is 2. The number of nitro groups is 1. The zero-order chi connectivity index (χ0) is 26.4. The molecule has 0 bridgehead atoms. The fourth-order valence-electron chi connectivity index (χ4n) is 7.60. The highest BCUT2D eigenvalue weighted by atomic mass is 16.6. The van der Waals surface area contributed by atoms with Crippen LogP contribution in [0.5, 0.6) is 0 Å². The van der Waals surface area contributed by atoms with Crippen molar-refractivity contribution in [1.82, 2.24) is 4.90 Å². The van der Waals surface area contributed by atoms with Gasteiger partial charge in [0, 0.05) is 40.7 Å². The SMILES string of the molecule is Cc1ccc2c(c1)[C@]1(C(=O)N2)[C@H](C(=O)c2cccc([N+](=O)[O-])c2)[C@]2(C(=O)Nc3ccccc32)[C@@H]2CCCN21. The topological polar surface area (TPSA) is 122 Å². The molecule has 0 aliphatic carbocycles. The molecule has 0 unspecified atom stereocenters. The predicted molar refractivity (Wildman–Crippen MR) is 139 cm³/mol. The first-order chi connectivity index (χ1) is 18.3. The van der Waals surface area contributed by atoms with E-state index in [1.54, 1.807) is 0 Å². The van der Waals surface area contributed by atoms with E-state index in [4.69, 9.17) is 0 Å². The molecule has 4 aliphatic heterocycles. The van der Waals surface area contributed by atoms with Crippen molar-refractivity contribution in [3.05, 3.63) is 99.1 Å². The number of carbonyl (C=O) groups is 3. The van der Waals surface area contributed by atoms with Crippen LogP contribution in [-0.2, 0) is 20.5 Å². The Morgan fingerprint density at radius 3 is 2.55 bits per heavy atom. The van der Waals surface area contributed by atoms with Crippen LogP contribution >= 0.6 is 0 Å². The van der Waals surface area contributed by atoms with Gasteiger partial charge in [-0.1, -0.05) is 48.0 Å². The number of benzene rings is 3. The van der Waals surface area contributed by atoms with Gasteiger partial charge in [0.05, 0.1) is 10.8 Å². The summed E-state index contributed by atoms with van der Waals surface area (Å²) in [7, 11) is 0. The molecule has 9 nitrogen and oxygen atoms in total. The number of nitro benzene ring substituents is 1. The number of carbonyl (C=O) groups excluding carboxylic acids is 3. The van der Waals surface area contributed by atoms with Gasteiger partial charge in [0.15, 0.2) is 5.78 Å². The number of nitrogens with zero attached hydrogens (tertiary/aromatic N) is 2. The number of ketones is 1. The van der Waals surface area contributed by atoms with Gasteiger partial charge in [0.25, 0.3) is 5.69 Å². The van der Waals surface area contributed by atoms with Gasteiger partial charge in [-0.15, -0.1) is 0 Å². The second-order valence-corrected chi connectivity index (χ2v) is 10.6. The van der Waals surface area contributed by atoms with Crippen molar-refractivity contribution in [2.45, 2.75) is 36.8 Å². The summed E-state index contributed by atoms with van der Waals surface area (Å²) >= 11 is 0. The molecule has 0 aromatic heterocycles. The molecule has 4 atom stereocenters. The lowest BCUT2D eigenvalue weighted by Gasteiger charge is -2.38. The predicted octanol–water partition coefficient (Wildman–Crippen LogP) is 3.92. The summed E-state index contributed by atoms with van der Waals surface area (Å²) in [5.74, 6) is -2.26. The van der Waals surface area contributed by atoms with Gasteiger partial charge in [-0.25, -0.2) is 0 Å². The number of fused-ring (bicyclic) bond motifs is 7. The number of Topliss-reactive ketones (excluding diaryl/α,β-unsaturated/α-hetero) is 1. The van der Waals surface area contributed by atoms with Gasteiger partial charge < -0.3 is 10.6 Å². The van der Waals surface area contributed by atoms with E-state index in [1.165, 1.54) is 24.3 Å². The molecule has 4 heterocycles. The molecule has 3 aromatic carbocycles. The molecule has 2 N–H and O–H groups in total. The lowest BCUT2D eigenvalue weighted by molar-refractivity contribution is -0.384. The average molecular weight is 509 g/mol. The van der Waals surface area contributed by atoms with Crippen LogP contribution in [0.4, 0.5) is 17.1 Å². The summed E-state index contributed by atoms with van der Waals surface area (Å²) in [6.45, 7) is 2.47. The van der Waals surface area contributed by atoms with Crippen LogP contribution in [-0.4, -0.2) is 40.0 Å². The molecular formula is C29H24N4O5. The Morgan fingerprint density at radius 1 is 0.974 bits per heavy atom. The molecule has 2 amide bonds. The van der Waals surface area contributed by atoms with Crippen LogP contribution in [0.2, 0.25) is 0 Å². The maximum absolute atomic E-state index is 14.8. The zero-order valence-corrected chi connectivity index (χ0v) is 20.6. The van der Waals surface area contributed by atoms with Gasteiger partial charge in [-0.05, 0) is 44.0 Å². The molecule has 2 spiro atoms. The largest absolute Gasteiger partial charge is 0.325 e. The quantitative estimate of drug-likeness (QED) is 0.314. The minimum atomic E-state index is -1.45. The zero-order valence-electron chi connectivity index (χ0n) is 20.6. The third kappa shape index (κ3) is 2.56. The van der Waals surface area contributed by atoms with E-state index in [0.717, 1.165) is 12.0 Å². The van der Waals surface area contributed by atoms with Gasteiger partial charge in [-0.2, -0.15) is 0 Å². The first-order valence-corrected chi connectivity index (χ1v) is 12.7. The maximum atomic E-state index is 14.8. The second kappa shape index (κ2) is 7.58. The van der Waals surface area contributed by atoms with Crippen LogP contribution in [0.15, 0.2) is 66.7 Å². The molecule has 9 heteroatoms. The highest BCUT2D eigenvalue weighted by Crippen LogP contribution is 2.66. The van der Waals surface area contributed by atoms with E-state index in [-0.39, 0.29) is 23.1 Å². The molecule has 4 aliphatic rings. The third-order valence-electron chi connectivity index (χ3n) is 8.88. The number of amides is 2. The maximum Gasteiger partial charge on any atom is 0.270 e. The molecule has 2 fully saturated rings. The summed E-state index contributed by atoms with van der Waals surface area (Å²) in [5.41, 5.74) is 0.623. The van der Waals surface area contributed by atoms with E-state index in [0.29, 0.717) is 35.5 Å². The monoisotopic (exact) mass is 508 g/mol. The standard InChI is InChI=1S/C29H24N4O5/c1-16-11-12-22-20(14-16)29(27(36)31-22)25(24(34)17-6-4-7-18(15-17)33(37)38)28(23-10-5-13-32(23)29)19-8-2-3-9-21(19)30-26(28)35/h2-4,6-9,11-12,14-15,23,25H,5,10,13H2,1H3,(H,30,35)(H,31,36)/t23-,25+,28+,29+/m0/s1. The molecule has 0 saturated carbocycles. The Kier molecular flexibility index (Phi) is 4.55. The Bertz CT molecular complexity index is 1600. The Morgan fingerprint density at radius 2 is 1.74 bits per heavy atom. The van der Waals surface area contributed by atoms with Gasteiger partial charge in [0.2, 0.25) is 11.8 Å². The number of para-hydroxylation sites is 1. The van der Waals surface area contributed by atoms with Crippen LogP contribution in [0.25, 0.3) is 0 Å². The van der Waals surface area contributed by atoms with E-state index in [2.05, 4.69) is 15.5 Å². The number of hydrogen-bond donors (Lipinski definition) is 2. The lowest BCUT2D eigenvalue weighted by atomic mass is 9.60. The molecule has 0 radical (unpaired) electrons. The first-order valence-electron chi connectivity index (χ1n) is 12.7. The van der Waals surface area contributed by atoms with Gasteiger partial charge in [-0.3, -0.25) is 29.4 Å². The summed E-state index contributed by atoms with van der Waals surface area (Å²) in [6.07, 6.45) is 1.41. The lowest BCUT2D eigenvalue weighted by Crippen LogP contribution is -2.55. The van der Waals surface area contributed by atoms with Crippen molar-refractivity contribution in [1.29, 1.82) is 0 Å². The van der Waals surface area contributed by atoms with Crippen LogP contribution in [0, 0.1) is 23.0 Å². The summed E-state index contributed by atoms with van der Waals surface area (Å²) in [5, 5.41) is 17.6. The summed E-state index contributed by atoms with van der Waals surface area (Å²) in [6, 6.07) is 18.2. The highest BCUT2D eigenvalue weighted by molar-refractivity contribution is 6.18. The Labute approximate surface area is 218 Å². The fraction of sp³-hybridized carbons (Fsp3) is 0.276. The fourth-order valence-corrected chi connectivity index (χ4v) is 7.60. The molecule has 2 saturated heterocycles. The molecular weight excluding hydrogens is 484 g/mol. The minimum Gasteiger partial charge on any atom is -0.325 e. The second-order valence-electron chi connectivity index (χ2n) is 10.6. The molecule has 190 valence electrons.